The van der Waals surface area contributed by atoms with Crippen LogP contribution in [0.5, 0.6) is 5.75 Å². The van der Waals surface area contributed by atoms with Crippen LogP contribution < -0.4 is 10.1 Å². The van der Waals surface area contributed by atoms with Gasteiger partial charge in [0.05, 0.1) is 0 Å². The van der Waals surface area contributed by atoms with E-state index in [1.807, 2.05) is 55.4 Å². The van der Waals surface area contributed by atoms with Crippen LogP contribution >= 0.6 is 0 Å². The highest BCUT2D eigenvalue weighted by Crippen LogP contribution is 2.21. The summed E-state index contributed by atoms with van der Waals surface area (Å²) in [6.45, 7) is 4.16. The van der Waals surface area contributed by atoms with Gasteiger partial charge in [-0.25, -0.2) is 4.39 Å². The Labute approximate surface area is 219 Å². The number of nitrogens with one attached hydrogen (secondary N) is 1. The molecule has 1 saturated heterocycles. The summed E-state index contributed by atoms with van der Waals surface area (Å²) in [6.07, 6.45) is 2.00. The van der Waals surface area contributed by atoms with Gasteiger partial charge in [0.2, 0.25) is 0 Å². The first-order valence-corrected chi connectivity index (χ1v) is 12.7. The van der Waals surface area contributed by atoms with Gasteiger partial charge >= 0.3 is 0 Å². The summed E-state index contributed by atoms with van der Waals surface area (Å²) in [5.41, 5.74) is 3.59. The first kappa shape index (κ1) is 26.4. The molecule has 0 radical (unpaired) electrons. The predicted molar refractivity (Wildman–Crippen MR) is 145 cm³/mol. The van der Waals surface area contributed by atoms with Gasteiger partial charge in [0.25, 0.3) is 5.91 Å². The Balaban J connectivity index is 1.26. The molecule has 5 nitrogen and oxygen atoms in total. The van der Waals surface area contributed by atoms with Crippen molar-refractivity contribution in [2.45, 2.75) is 25.5 Å². The third kappa shape index (κ3) is 8.45. The summed E-state index contributed by atoms with van der Waals surface area (Å²) in [7, 11) is 3.96. The van der Waals surface area contributed by atoms with Gasteiger partial charge in [-0.05, 0) is 87.1 Å². The van der Waals surface area contributed by atoms with Crippen molar-refractivity contribution >= 4 is 5.91 Å². The largest absolute Gasteiger partial charge is 0.490 e. The van der Waals surface area contributed by atoms with Crippen LogP contribution in [0.15, 0.2) is 72.8 Å². The fraction of sp³-hybridized carbons (Fsp3) is 0.323. The van der Waals surface area contributed by atoms with Crippen molar-refractivity contribution in [2.24, 2.45) is 0 Å². The number of amides is 1. The van der Waals surface area contributed by atoms with Crippen molar-refractivity contribution in [3.8, 4) is 17.6 Å². The molecule has 6 heteroatoms. The van der Waals surface area contributed by atoms with E-state index < -0.39 is 0 Å². The maximum atomic E-state index is 13.1. The van der Waals surface area contributed by atoms with Gasteiger partial charge in [0, 0.05) is 49.4 Å². The summed E-state index contributed by atoms with van der Waals surface area (Å²) < 4.78 is 19.3. The molecule has 0 aromatic heterocycles. The normalized spacial score (nSPS) is 14.2. The van der Waals surface area contributed by atoms with Crippen LogP contribution in [0.3, 0.4) is 0 Å². The summed E-state index contributed by atoms with van der Waals surface area (Å²) in [5, 5.41) is 2.95. The zero-order valence-corrected chi connectivity index (χ0v) is 21.5. The maximum absolute atomic E-state index is 13.1. The van der Waals surface area contributed by atoms with Gasteiger partial charge in [0.15, 0.2) is 0 Å². The third-order valence-corrected chi connectivity index (χ3v) is 6.31. The maximum Gasteiger partial charge on any atom is 0.251 e. The molecule has 0 aliphatic carbocycles. The number of carbonyl (C=O) groups excluding carboxylic acids is 1. The van der Waals surface area contributed by atoms with Crippen LogP contribution in [-0.4, -0.2) is 62.1 Å². The lowest BCUT2D eigenvalue weighted by molar-refractivity contribution is 0.0935. The van der Waals surface area contributed by atoms with E-state index in [9.17, 15) is 9.18 Å². The van der Waals surface area contributed by atoms with Gasteiger partial charge in [-0.3, -0.25) is 9.69 Å². The summed E-state index contributed by atoms with van der Waals surface area (Å²) in [5.74, 6) is 6.69. The van der Waals surface area contributed by atoms with E-state index in [0.717, 1.165) is 55.9 Å². The van der Waals surface area contributed by atoms with Crippen molar-refractivity contribution in [2.75, 3.05) is 40.3 Å². The molecule has 4 rings (SSSR count). The fourth-order valence-electron chi connectivity index (χ4n) is 4.27. The zero-order chi connectivity index (χ0) is 26.0. The van der Waals surface area contributed by atoms with Crippen molar-refractivity contribution in [3.63, 3.8) is 0 Å². The molecule has 1 aliphatic rings. The summed E-state index contributed by atoms with van der Waals surface area (Å²) in [4.78, 5) is 16.9. The topological polar surface area (TPSA) is 44.8 Å². The summed E-state index contributed by atoms with van der Waals surface area (Å²) in [6, 6.07) is 21.9. The molecule has 1 aliphatic heterocycles. The van der Waals surface area contributed by atoms with E-state index in [-0.39, 0.29) is 17.8 Å². The minimum atomic E-state index is -0.256. The first-order chi connectivity index (χ1) is 17.9. The highest BCUT2D eigenvalue weighted by molar-refractivity contribution is 5.94. The van der Waals surface area contributed by atoms with E-state index in [4.69, 9.17) is 4.74 Å². The molecule has 0 spiro atoms. The number of halogens is 1. The van der Waals surface area contributed by atoms with E-state index in [1.54, 1.807) is 12.1 Å². The van der Waals surface area contributed by atoms with Crippen LogP contribution in [-0.2, 0) is 6.54 Å². The van der Waals surface area contributed by atoms with Crippen molar-refractivity contribution < 1.29 is 13.9 Å². The van der Waals surface area contributed by atoms with Gasteiger partial charge in [-0.15, -0.1) is 0 Å². The van der Waals surface area contributed by atoms with E-state index in [1.165, 1.54) is 17.7 Å². The average molecular weight is 500 g/mol. The number of piperidine rings is 1. The van der Waals surface area contributed by atoms with Crippen molar-refractivity contribution in [1.82, 2.24) is 15.1 Å². The highest BCUT2D eigenvalue weighted by atomic mass is 19.1. The number of benzene rings is 3. The zero-order valence-electron chi connectivity index (χ0n) is 21.5. The Bertz CT molecular complexity index is 1240. The molecule has 37 heavy (non-hydrogen) atoms. The van der Waals surface area contributed by atoms with E-state index in [2.05, 4.69) is 34.2 Å². The third-order valence-electron chi connectivity index (χ3n) is 6.31. The number of nitrogens with zero attached hydrogens (tertiary/aromatic N) is 2. The molecule has 0 atom stereocenters. The second kappa shape index (κ2) is 13.0. The van der Waals surface area contributed by atoms with Crippen LogP contribution in [0.1, 0.15) is 39.9 Å². The molecule has 0 unspecified atom stereocenters. The SMILES string of the molecule is CN(C)CCNC(=O)c1cccc(OC2CCN(Cc3cccc(C#Cc4ccc(F)cc4)c3)CC2)c1. The molecule has 1 amide bonds. The Hall–Kier alpha value is -3.66. The Morgan fingerprint density at radius 2 is 1.73 bits per heavy atom. The molecule has 1 fully saturated rings. The number of likely N-dealkylation sites (N-methyl/N-ethyl adjacent to an activating group) is 1. The molecule has 3 aromatic carbocycles. The predicted octanol–water partition coefficient (Wildman–Crippen LogP) is 4.56. The Morgan fingerprint density at radius 3 is 2.49 bits per heavy atom. The van der Waals surface area contributed by atoms with Crippen molar-refractivity contribution in [1.29, 1.82) is 0 Å². The molecular formula is C31H34FN3O2. The monoisotopic (exact) mass is 499 g/mol. The number of hydrogen-bond acceptors (Lipinski definition) is 4. The molecular weight excluding hydrogens is 465 g/mol. The second-order valence-electron chi connectivity index (χ2n) is 9.64. The highest BCUT2D eigenvalue weighted by Gasteiger charge is 2.21. The second-order valence-corrected chi connectivity index (χ2v) is 9.64. The Morgan fingerprint density at radius 1 is 1.00 bits per heavy atom. The van der Waals surface area contributed by atoms with Gasteiger partial charge in [-0.2, -0.15) is 0 Å². The number of likely N-dealkylation sites (tertiary alicyclic amines) is 1. The van der Waals surface area contributed by atoms with Gasteiger partial charge in [-0.1, -0.05) is 30.0 Å². The lowest BCUT2D eigenvalue weighted by atomic mass is 10.1. The van der Waals surface area contributed by atoms with Crippen LogP contribution in [0, 0.1) is 17.7 Å². The lowest BCUT2D eigenvalue weighted by Gasteiger charge is -2.32. The summed E-state index contributed by atoms with van der Waals surface area (Å²) >= 11 is 0. The minimum absolute atomic E-state index is 0.0771. The Kier molecular flexibility index (Phi) is 9.31. The molecule has 192 valence electrons. The van der Waals surface area contributed by atoms with E-state index >= 15 is 0 Å². The van der Waals surface area contributed by atoms with E-state index in [0.29, 0.717) is 12.1 Å². The fourth-order valence-corrected chi connectivity index (χ4v) is 4.27. The standard InChI is InChI=1S/C31H34FN3O2/c1-34(2)20-17-33-31(36)27-7-4-8-30(22-27)37-29-15-18-35(19-16-29)23-26-6-3-5-25(21-26)10-9-24-11-13-28(32)14-12-24/h3-8,11-14,21-22,29H,15-20,23H2,1-2H3,(H,33,36). The van der Waals surface area contributed by atoms with Crippen molar-refractivity contribution in [3.05, 3.63) is 101 Å². The molecule has 3 aromatic rings. The molecule has 1 heterocycles. The first-order valence-electron chi connectivity index (χ1n) is 12.7. The smallest absolute Gasteiger partial charge is 0.251 e. The van der Waals surface area contributed by atoms with Gasteiger partial charge in [0.1, 0.15) is 17.7 Å². The molecule has 0 bridgehead atoms. The number of hydrogen-bond donors (Lipinski definition) is 1. The number of ether oxygens (including phenoxy) is 1. The molecule has 1 N–H and O–H groups in total. The number of rotatable bonds is 8. The molecule has 0 saturated carbocycles. The van der Waals surface area contributed by atoms with Crippen LogP contribution in [0.4, 0.5) is 4.39 Å². The van der Waals surface area contributed by atoms with Gasteiger partial charge < -0.3 is 15.0 Å². The lowest BCUT2D eigenvalue weighted by Crippen LogP contribution is -2.37. The minimum Gasteiger partial charge on any atom is -0.490 e. The number of carbonyl (C=O) groups is 1. The van der Waals surface area contributed by atoms with Crippen LogP contribution in [0.2, 0.25) is 0 Å². The quantitative estimate of drug-likeness (QED) is 0.462. The average Bonchev–Trinajstić information content (AvgIpc) is 2.90. The van der Waals surface area contributed by atoms with Crippen LogP contribution in [0.25, 0.3) is 0 Å².